The SMILES string of the molecule is Cc1oc2ncn(C)c(=O)c2c1C(=O)Nc1ccccc1S(=O)(=O)N1CCCCC1. The number of carbonyl (C=O) groups excluding carboxylic acids is 1. The molecule has 0 saturated carbocycles. The fourth-order valence-corrected chi connectivity index (χ4v) is 5.35. The second-order valence-electron chi connectivity index (χ2n) is 7.29. The fraction of sp³-hybridized carbons (Fsp3) is 0.350. The zero-order valence-corrected chi connectivity index (χ0v) is 17.5. The number of hydrogen-bond acceptors (Lipinski definition) is 6. The summed E-state index contributed by atoms with van der Waals surface area (Å²) in [5, 5.41) is 2.72. The van der Waals surface area contributed by atoms with E-state index < -0.39 is 21.5 Å². The van der Waals surface area contributed by atoms with Crippen LogP contribution in [0.5, 0.6) is 0 Å². The van der Waals surface area contributed by atoms with Gasteiger partial charge >= 0.3 is 0 Å². The first kappa shape index (κ1) is 20.3. The molecular formula is C20H22N4O5S. The van der Waals surface area contributed by atoms with E-state index in [4.69, 9.17) is 4.42 Å². The number of anilines is 1. The molecule has 158 valence electrons. The van der Waals surface area contributed by atoms with Crippen LogP contribution in [0.2, 0.25) is 0 Å². The number of piperidine rings is 1. The zero-order valence-electron chi connectivity index (χ0n) is 16.7. The van der Waals surface area contributed by atoms with E-state index in [-0.39, 0.29) is 33.0 Å². The van der Waals surface area contributed by atoms with Gasteiger partial charge in [-0.05, 0) is 31.9 Å². The minimum Gasteiger partial charge on any atom is -0.442 e. The maximum absolute atomic E-state index is 13.1. The highest BCUT2D eigenvalue weighted by Crippen LogP contribution is 2.28. The molecule has 9 nitrogen and oxygen atoms in total. The van der Waals surface area contributed by atoms with E-state index in [1.54, 1.807) is 19.1 Å². The Kier molecular flexibility index (Phi) is 5.20. The molecule has 3 heterocycles. The number of fused-ring (bicyclic) bond motifs is 1. The average Bonchev–Trinajstić information content (AvgIpc) is 3.08. The van der Waals surface area contributed by atoms with Crippen LogP contribution >= 0.6 is 0 Å². The standard InChI is InChI=1S/C20H22N4O5S/c1-13-16(17-19(29-13)21-12-23(2)20(17)26)18(25)22-14-8-4-5-9-15(14)30(27,28)24-10-6-3-7-11-24/h4-5,8-9,12H,3,6-7,10-11H2,1-2H3,(H,22,25). The van der Waals surface area contributed by atoms with E-state index >= 15 is 0 Å². The molecule has 1 N–H and O–H groups in total. The van der Waals surface area contributed by atoms with Crippen LogP contribution in [-0.2, 0) is 17.1 Å². The number of carbonyl (C=O) groups is 1. The first-order valence-electron chi connectivity index (χ1n) is 9.66. The van der Waals surface area contributed by atoms with Crippen LogP contribution in [0.4, 0.5) is 5.69 Å². The van der Waals surface area contributed by atoms with Crippen molar-refractivity contribution in [2.75, 3.05) is 18.4 Å². The van der Waals surface area contributed by atoms with Crippen LogP contribution in [0.1, 0.15) is 35.4 Å². The summed E-state index contributed by atoms with van der Waals surface area (Å²) in [5.74, 6) is -0.396. The van der Waals surface area contributed by atoms with Gasteiger partial charge in [-0.1, -0.05) is 18.6 Å². The number of sulfonamides is 1. The van der Waals surface area contributed by atoms with Gasteiger partial charge in [0.1, 0.15) is 22.4 Å². The second-order valence-corrected chi connectivity index (χ2v) is 9.20. The molecule has 2 aromatic heterocycles. The van der Waals surface area contributed by atoms with Crippen molar-refractivity contribution in [2.24, 2.45) is 7.05 Å². The number of furan rings is 1. The van der Waals surface area contributed by atoms with Crippen molar-refractivity contribution in [1.29, 1.82) is 0 Å². The lowest BCUT2D eigenvalue weighted by Crippen LogP contribution is -2.36. The molecule has 0 bridgehead atoms. The summed E-state index contributed by atoms with van der Waals surface area (Å²) in [6.45, 7) is 2.47. The number of nitrogens with one attached hydrogen (secondary N) is 1. The van der Waals surface area contributed by atoms with Gasteiger partial charge in [0, 0.05) is 20.1 Å². The Balaban J connectivity index is 1.74. The van der Waals surface area contributed by atoms with Crippen molar-refractivity contribution in [1.82, 2.24) is 13.9 Å². The minimum absolute atomic E-state index is 0.0248. The number of aryl methyl sites for hydroxylation is 2. The highest BCUT2D eigenvalue weighted by molar-refractivity contribution is 7.89. The Hall–Kier alpha value is -2.98. The van der Waals surface area contributed by atoms with Crippen molar-refractivity contribution in [3.63, 3.8) is 0 Å². The molecule has 4 rings (SSSR count). The van der Waals surface area contributed by atoms with Crippen LogP contribution in [0.15, 0.2) is 44.7 Å². The van der Waals surface area contributed by atoms with Crippen molar-refractivity contribution in [2.45, 2.75) is 31.1 Å². The van der Waals surface area contributed by atoms with E-state index in [2.05, 4.69) is 10.3 Å². The predicted octanol–water partition coefficient (Wildman–Crippen LogP) is 2.26. The van der Waals surface area contributed by atoms with Crippen LogP contribution < -0.4 is 10.9 Å². The van der Waals surface area contributed by atoms with Gasteiger partial charge < -0.3 is 14.3 Å². The number of amides is 1. The molecule has 0 unspecified atom stereocenters. The third-order valence-electron chi connectivity index (χ3n) is 5.24. The molecule has 1 saturated heterocycles. The lowest BCUT2D eigenvalue weighted by molar-refractivity contribution is 0.102. The average molecular weight is 430 g/mol. The smallest absolute Gasteiger partial charge is 0.265 e. The summed E-state index contributed by atoms with van der Waals surface area (Å²) in [7, 11) is -2.23. The van der Waals surface area contributed by atoms with Gasteiger partial charge in [0.25, 0.3) is 11.5 Å². The molecule has 1 fully saturated rings. The van der Waals surface area contributed by atoms with Gasteiger partial charge in [-0.3, -0.25) is 9.59 Å². The van der Waals surface area contributed by atoms with Crippen LogP contribution in [-0.4, -0.2) is 41.3 Å². The number of para-hydroxylation sites is 1. The van der Waals surface area contributed by atoms with Gasteiger partial charge in [0.05, 0.1) is 11.3 Å². The molecule has 10 heteroatoms. The Labute approximate surface area is 173 Å². The van der Waals surface area contributed by atoms with Crippen molar-refractivity contribution in [3.05, 3.63) is 52.3 Å². The van der Waals surface area contributed by atoms with Crippen molar-refractivity contribution >= 4 is 32.7 Å². The number of hydrogen-bond donors (Lipinski definition) is 1. The molecule has 30 heavy (non-hydrogen) atoms. The molecule has 3 aromatic rings. The fourth-order valence-electron chi connectivity index (χ4n) is 3.68. The molecule has 1 aromatic carbocycles. The third-order valence-corrected chi connectivity index (χ3v) is 7.20. The first-order chi connectivity index (χ1) is 14.3. The number of rotatable bonds is 4. The largest absolute Gasteiger partial charge is 0.442 e. The van der Waals surface area contributed by atoms with Crippen molar-refractivity contribution in [3.8, 4) is 0 Å². The molecule has 1 aliphatic heterocycles. The Bertz CT molecular complexity index is 1290. The van der Waals surface area contributed by atoms with Gasteiger partial charge in [0.2, 0.25) is 15.7 Å². The van der Waals surface area contributed by atoms with Crippen LogP contribution in [0, 0.1) is 6.92 Å². The number of benzene rings is 1. The van der Waals surface area contributed by atoms with Crippen LogP contribution in [0.25, 0.3) is 11.1 Å². The zero-order chi connectivity index (χ0) is 21.5. The first-order valence-corrected chi connectivity index (χ1v) is 11.1. The third kappa shape index (κ3) is 3.41. The topological polar surface area (TPSA) is 115 Å². The molecule has 0 radical (unpaired) electrons. The summed E-state index contributed by atoms with van der Waals surface area (Å²) < 4.78 is 34.5. The maximum atomic E-state index is 13.1. The molecular weight excluding hydrogens is 408 g/mol. The van der Waals surface area contributed by atoms with Gasteiger partial charge in [-0.25, -0.2) is 13.4 Å². The second kappa shape index (κ2) is 7.69. The monoisotopic (exact) mass is 430 g/mol. The predicted molar refractivity (Wildman–Crippen MR) is 111 cm³/mol. The van der Waals surface area contributed by atoms with Gasteiger partial charge in [0.15, 0.2) is 0 Å². The van der Waals surface area contributed by atoms with E-state index in [1.165, 1.54) is 34.4 Å². The van der Waals surface area contributed by atoms with E-state index in [0.29, 0.717) is 13.1 Å². The highest BCUT2D eigenvalue weighted by Gasteiger charge is 2.29. The summed E-state index contributed by atoms with van der Waals surface area (Å²) in [6, 6.07) is 6.26. The maximum Gasteiger partial charge on any atom is 0.265 e. The van der Waals surface area contributed by atoms with E-state index in [9.17, 15) is 18.0 Å². The molecule has 1 amide bonds. The van der Waals surface area contributed by atoms with E-state index in [1.807, 2.05) is 0 Å². The normalized spacial score (nSPS) is 15.4. The summed E-state index contributed by atoms with van der Waals surface area (Å²) in [6.07, 6.45) is 3.94. The van der Waals surface area contributed by atoms with Crippen LogP contribution in [0.3, 0.4) is 0 Å². The van der Waals surface area contributed by atoms with Gasteiger partial charge in [-0.2, -0.15) is 4.31 Å². The molecule has 0 spiro atoms. The Morgan fingerprint density at radius 1 is 1.17 bits per heavy atom. The lowest BCUT2D eigenvalue weighted by atomic mass is 10.1. The quantitative estimate of drug-likeness (QED) is 0.679. The number of aromatic nitrogens is 2. The van der Waals surface area contributed by atoms with E-state index in [0.717, 1.165) is 19.3 Å². The number of nitrogens with zero attached hydrogens (tertiary/aromatic N) is 3. The summed E-state index contributed by atoms with van der Waals surface area (Å²) in [4.78, 5) is 29.7. The minimum atomic E-state index is -3.76. The summed E-state index contributed by atoms with van der Waals surface area (Å²) >= 11 is 0. The highest BCUT2D eigenvalue weighted by atomic mass is 32.2. The molecule has 0 atom stereocenters. The lowest BCUT2D eigenvalue weighted by Gasteiger charge is -2.26. The molecule has 1 aliphatic rings. The Morgan fingerprint density at radius 3 is 2.60 bits per heavy atom. The van der Waals surface area contributed by atoms with Crippen molar-refractivity contribution < 1.29 is 17.6 Å². The Morgan fingerprint density at radius 2 is 1.87 bits per heavy atom. The summed E-state index contributed by atoms with van der Waals surface area (Å²) in [5.41, 5.74) is -0.155. The molecule has 0 aliphatic carbocycles. The van der Waals surface area contributed by atoms with Gasteiger partial charge in [-0.15, -0.1) is 0 Å².